The molecular formula is C18H31NO. The minimum Gasteiger partial charge on any atom is -0.489 e. The van der Waals surface area contributed by atoms with Crippen LogP contribution in [0.4, 0.5) is 0 Å². The second-order valence-corrected chi connectivity index (χ2v) is 6.97. The van der Waals surface area contributed by atoms with Crippen molar-refractivity contribution in [2.75, 3.05) is 6.54 Å². The van der Waals surface area contributed by atoms with Gasteiger partial charge in [-0.05, 0) is 57.2 Å². The van der Waals surface area contributed by atoms with Crippen molar-refractivity contribution >= 4 is 0 Å². The zero-order chi connectivity index (χ0) is 15.3. The van der Waals surface area contributed by atoms with Gasteiger partial charge in [-0.2, -0.15) is 0 Å². The molecule has 1 atom stereocenters. The molecule has 0 aromatic heterocycles. The fourth-order valence-corrected chi connectivity index (χ4v) is 2.09. The Kier molecular flexibility index (Phi) is 6.07. The molecule has 0 saturated heterocycles. The molecule has 2 heteroatoms. The summed E-state index contributed by atoms with van der Waals surface area (Å²) in [5.74, 6) is 1.53. The smallest absolute Gasteiger partial charge is 0.123 e. The van der Waals surface area contributed by atoms with Gasteiger partial charge in [-0.15, -0.1) is 0 Å². The van der Waals surface area contributed by atoms with Gasteiger partial charge in [-0.3, -0.25) is 0 Å². The highest BCUT2D eigenvalue weighted by atomic mass is 16.5. The van der Waals surface area contributed by atoms with Crippen LogP contribution in [-0.4, -0.2) is 18.2 Å². The number of rotatable bonds is 6. The van der Waals surface area contributed by atoms with Crippen molar-refractivity contribution in [2.24, 2.45) is 0 Å². The fraction of sp³-hybridized carbons (Fsp3) is 0.667. The SMILES string of the molecule is CCC(CNC(C)(C)C)Oc1cc(C)ccc1C(C)C. The first kappa shape index (κ1) is 17.0. The third-order valence-electron chi connectivity index (χ3n) is 3.40. The van der Waals surface area contributed by atoms with Crippen LogP contribution in [-0.2, 0) is 0 Å². The summed E-state index contributed by atoms with van der Waals surface area (Å²) in [6.07, 6.45) is 1.22. The third-order valence-corrected chi connectivity index (χ3v) is 3.40. The summed E-state index contributed by atoms with van der Waals surface area (Å²) in [6, 6.07) is 6.52. The lowest BCUT2D eigenvalue weighted by atomic mass is 10.0. The maximum absolute atomic E-state index is 6.27. The molecule has 1 aromatic carbocycles. The minimum absolute atomic E-state index is 0.129. The van der Waals surface area contributed by atoms with Crippen molar-refractivity contribution in [1.82, 2.24) is 5.32 Å². The van der Waals surface area contributed by atoms with Gasteiger partial charge in [-0.1, -0.05) is 32.9 Å². The van der Waals surface area contributed by atoms with Gasteiger partial charge in [0.15, 0.2) is 0 Å². The van der Waals surface area contributed by atoms with Crippen LogP contribution in [0, 0.1) is 6.92 Å². The number of benzene rings is 1. The molecule has 0 aliphatic carbocycles. The van der Waals surface area contributed by atoms with E-state index in [4.69, 9.17) is 4.74 Å². The summed E-state index contributed by atoms with van der Waals surface area (Å²) in [7, 11) is 0. The van der Waals surface area contributed by atoms with Gasteiger partial charge < -0.3 is 10.1 Å². The molecule has 2 nitrogen and oxygen atoms in total. The second-order valence-electron chi connectivity index (χ2n) is 6.97. The maximum atomic E-state index is 6.27. The van der Waals surface area contributed by atoms with Crippen molar-refractivity contribution in [3.63, 3.8) is 0 Å². The van der Waals surface area contributed by atoms with Gasteiger partial charge in [0, 0.05) is 12.1 Å². The van der Waals surface area contributed by atoms with Crippen molar-refractivity contribution < 1.29 is 4.74 Å². The van der Waals surface area contributed by atoms with Gasteiger partial charge in [0.25, 0.3) is 0 Å². The van der Waals surface area contributed by atoms with E-state index in [9.17, 15) is 0 Å². The molecule has 0 aliphatic rings. The highest BCUT2D eigenvalue weighted by Gasteiger charge is 2.16. The van der Waals surface area contributed by atoms with Gasteiger partial charge in [0.1, 0.15) is 11.9 Å². The Morgan fingerprint density at radius 3 is 2.35 bits per heavy atom. The first-order chi connectivity index (χ1) is 9.23. The van der Waals surface area contributed by atoms with E-state index in [-0.39, 0.29) is 11.6 Å². The summed E-state index contributed by atoms with van der Waals surface area (Å²) < 4.78 is 6.27. The van der Waals surface area contributed by atoms with E-state index >= 15 is 0 Å². The van der Waals surface area contributed by atoms with Crippen LogP contribution in [0.5, 0.6) is 5.75 Å². The van der Waals surface area contributed by atoms with E-state index < -0.39 is 0 Å². The lowest BCUT2D eigenvalue weighted by molar-refractivity contribution is 0.179. The van der Waals surface area contributed by atoms with Gasteiger partial charge in [-0.25, -0.2) is 0 Å². The minimum atomic E-state index is 0.129. The lowest BCUT2D eigenvalue weighted by Gasteiger charge is -2.26. The summed E-state index contributed by atoms with van der Waals surface area (Å²) in [5.41, 5.74) is 2.68. The summed E-state index contributed by atoms with van der Waals surface area (Å²) >= 11 is 0. The molecule has 1 rings (SSSR count). The van der Waals surface area contributed by atoms with Gasteiger partial charge >= 0.3 is 0 Å². The molecule has 0 fully saturated rings. The predicted octanol–water partition coefficient (Wildman–Crippen LogP) is 4.66. The summed E-state index contributed by atoms with van der Waals surface area (Å²) in [5, 5.41) is 3.53. The number of nitrogens with one attached hydrogen (secondary N) is 1. The topological polar surface area (TPSA) is 21.3 Å². The van der Waals surface area contributed by atoms with Crippen LogP contribution in [0.25, 0.3) is 0 Å². The summed E-state index contributed by atoms with van der Waals surface area (Å²) in [6.45, 7) is 16.2. The van der Waals surface area contributed by atoms with E-state index in [1.54, 1.807) is 0 Å². The Morgan fingerprint density at radius 1 is 1.20 bits per heavy atom. The molecule has 1 aromatic rings. The highest BCUT2D eigenvalue weighted by molar-refractivity contribution is 5.39. The fourth-order valence-electron chi connectivity index (χ4n) is 2.09. The molecule has 1 N–H and O–H groups in total. The van der Waals surface area contributed by atoms with Crippen LogP contribution in [0.2, 0.25) is 0 Å². The molecule has 0 radical (unpaired) electrons. The molecule has 0 heterocycles. The van der Waals surface area contributed by atoms with E-state index in [2.05, 4.69) is 72.0 Å². The Hall–Kier alpha value is -1.02. The molecule has 114 valence electrons. The number of aryl methyl sites for hydroxylation is 1. The molecule has 0 spiro atoms. The van der Waals surface area contributed by atoms with Crippen LogP contribution in [0.15, 0.2) is 18.2 Å². The van der Waals surface area contributed by atoms with Crippen molar-refractivity contribution in [3.05, 3.63) is 29.3 Å². The number of hydrogen-bond acceptors (Lipinski definition) is 2. The molecule has 0 saturated carbocycles. The van der Waals surface area contributed by atoms with E-state index in [0.717, 1.165) is 18.7 Å². The van der Waals surface area contributed by atoms with Gasteiger partial charge in [0.2, 0.25) is 0 Å². The summed E-state index contributed by atoms with van der Waals surface area (Å²) in [4.78, 5) is 0. The highest BCUT2D eigenvalue weighted by Crippen LogP contribution is 2.28. The van der Waals surface area contributed by atoms with Crippen LogP contribution in [0.3, 0.4) is 0 Å². The zero-order valence-corrected chi connectivity index (χ0v) is 14.2. The molecule has 0 aliphatic heterocycles. The van der Waals surface area contributed by atoms with Crippen LogP contribution in [0.1, 0.15) is 65.0 Å². The van der Waals surface area contributed by atoms with E-state index in [1.165, 1.54) is 11.1 Å². The number of ether oxygens (including phenoxy) is 1. The standard InChI is InChI=1S/C18H31NO/c1-8-15(12-19-18(5,6)7)20-17-11-14(4)9-10-16(17)13(2)3/h9-11,13,15,19H,8,12H2,1-7H3. The van der Waals surface area contributed by atoms with E-state index in [0.29, 0.717) is 5.92 Å². The first-order valence-electron chi connectivity index (χ1n) is 7.75. The Labute approximate surface area is 124 Å². The average molecular weight is 277 g/mol. The van der Waals surface area contributed by atoms with E-state index in [1.807, 2.05) is 0 Å². The van der Waals surface area contributed by atoms with Crippen molar-refractivity contribution in [2.45, 2.75) is 72.4 Å². The van der Waals surface area contributed by atoms with Crippen molar-refractivity contribution in [1.29, 1.82) is 0 Å². The molecular weight excluding hydrogens is 246 g/mol. The third kappa shape index (κ3) is 5.54. The molecule has 20 heavy (non-hydrogen) atoms. The Bertz CT molecular complexity index is 418. The quantitative estimate of drug-likeness (QED) is 0.816. The predicted molar refractivity (Wildman–Crippen MR) is 87.7 cm³/mol. The Balaban J connectivity index is 2.81. The van der Waals surface area contributed by atoms with Gasteiger partial charge in [0.05, 0.1) is 0 Å². The van der Waals surface area contributed by atoms with Crippen LogP contribution >= 0.6 is 0 Å². The van der Waals surface area contributed by atoms with Crippen LogP contribution < -0.4 is 10.1 Å². The largest absolute Gasteiger partial charge is 0.489 e. The zero-order valence-electron chi connectivity index (χ0n) is 14.2. The molecule has 0 bridgehead atoms. The monoisotopic (exact) mass is 277 g/mol. The number of hydrogen-bond donors (Lipinski definition) is 1. The first-order valence-corrected chi connectivity index (χ1v) is 7.75. The lowest BCUT2D eigenvalue weighted by Crippen LogP contribution is -2.42. The average Bonchev–Trinajstić information content (AvgIpc) is 2.33. The molecule has 1 unspecified atom stereocenters. The Morgan fingerprint density at radius 2 is 1.85 bits per heavy atom. The normalized spacial score (nSPS) is 13.6. The second kappa shape index (κ2) is 7.12. The van der Waals surface area contributed by atoms with Crippen molar-refractivity contribution in [3.8, 4) is 5.75 Å². The maximum Gasteiger partial charge on any atom is 0.123 e. The molecule has 0 amide bonds.